The van der Waals surface area contributed by atoms with Crippen LogP contribution in [-0.4, -0.2) is 28.0 Å². The molecule has 3 heterocycles. The minimum Gasteiger partial charge on any atom is -0.459 e. The van der Waals surface area contributed by atoms with Gasteiger partial charge in [-0.25, -0.2) is 0 Å². The smallest absolute Gasteiger partial charge is 0.291 e. The Morgan fingerprint density at radius 3 is 2.55 bits per heavy atom. The molecule has 0 bridgehead atoms. The summed E-state index contributed by atoms with van der Waals surface area (Å²) in [6.45, 7) is 7.13. The highest BCUT2D eigenvalue weighted by Gasteiger charge is 2.63. The number of carbonyl (C=O) groups is 2. The Morgan fingerprint density at radius 2 is 1.81 bits per heavy atom. The lowest BCUT2D eigenvalue weighted by Gasteiger charge is -2.32. The number of rotatable bonds is 3. The van der Waals surface area contributed by atoms with Gasteiger partial charge in [0.25, 0.3) is 11.8 Å². The van der Waals surface area contributed by atoms with E-state index in [9.17, 15) is 9.59 Å². The van der Waals surface area contributed by atoms with Crippen LogP contribution in [0.5, 0.6) is 0 Å². The predicted molar refractivity (Wildman–Crippen MR) is 122 cm³/mol. The van der Waals surface area contributed by atoms with Crippen LogP contribution in [-0.2, 0) is 16.2 Å². The summed E-state index contributed by atoms with van der Waals surface area (Å²) in [7, 11) is 0. The molecule has 0 saturated carbocycles. The van der Waals surface area contributed by atoms with Gasteiger partial charge in [-0.15, -0.1) is 11.8 Å². The molecular weight excluding hydrogens is 408 g/mol. The first-order valence-electron chi connectivity index (χ1n) is 10.4. The Morgan fingerprint density at radius 1 is 1.06 bits per heavy atom. The van der Waals surface area contributed by atoms with Gasteiger partial charge in [0, 0.05) is 16.9 Å². The fourth-order valence-corrected chi connectivity index (χ4v) is 6.34. The van der Waals surface area contributed by atoms with Crippen molar-refractivity contribution < 1.29 is 14.0 Å². The Kier molecular flexibility index (Phi) is 4.52. The number of aryl methyl sites for hydroxylation is 1. The highest BCUT2D eigenvalue weighted by molar-refractivity contribution is 8.02. The van der Waals surface area contributed by atoms with Crippen molar-refractivity contribution in [2.75, 3.05) is 11.4 Å². The Bertz CT molecular complexity index is 1170. The topological polar surface area (TPSA) is 53.8 Å². The van der Waals surface area contributed by atoms with Gasteiger partial charge in [-0.3, -0.25) is 9.59 Å². The molecule has 0 unspecified atom stereocenters. The molecule has 0 N–H and O–H groups in total. The van der Waals surface area contributed by atoms with E-state index >= 15 is 0 Å². The molecule has 1 saturated heterocycles. The molecule has 0 radical (unpaired) electrons. The second kappa shape index (κ2) is 7.02. The fourth-order valence-electron chi connectivity index (χ4n) is 4.60. The summed E-state index contributed by atoms with van der Waals surface area (Å²) in [4.78, 5) is 30.1. The van der Waals surface area contributed by atoms with E-state index < -0.39 is 4.87 Å². The SMILES string of the molecule is Cc1ccccc1CN1C(=O)[C@]2(SC(C)(C)CN2C(=O)c2ccco2)c2ccccc21. The van der Waals surface area contributed by atoms with Crippen LogP contribution in [0.3, 0.4) is 0 Å². The molecule has 31 heavy (non-hydrogen) atoms. The van der Waals surface area contributed by atoms with E-state index in [1.54, 1.807) is 28.8 Å². The molecule has 1 spiro atoms. The molecule has 1 fully saturated rings. The number of hydrogen-bond donors (Lipinski definition) is 0. The van der Waals surface area contributed by atoms with E-state index in [1.807, 2.05) is 47.4 Å². The van der Waals surface area contributed by atoms with Gasteiger partial charge < -0.3 is 14.2 Å². The molecular formula is C25H24N2O3S. The van der Waals surface area contributed by atoms with Crippen LogP contribution in [0, 0.1) is 6.92 Å². The molecule has 0 aliphatic carbocycles. The molecule has 5 rings (SSSR count). The van der Waals surface area contributed by atoms with Gasteiger partial charge in [0.1, 0.15) is 0 Å². The quantitative estimate of drug-likeness (QED) is 0.587. The molecule has 1 atom stereocenters. The first-order valence-corrected chi connectivity index (χ1v) is 11.2. The number of nitrogens with zero attached hydrogens (tertiary/aromatic N) is 2. The van der Waals surface area contributed by atoms with E-state index in [4.69, 9.17) is 4.42 Å². The summed E-state index contributed by atoms with van der Waals surface area (Å²) >= 11 is 1.55. The van der Waals surface area contributed by atoms with Gasteiger partial charge in [-0.1, -0.05) is 42.5 Å². The van der Waals surface area contributed by atoms with Crippen molar-refractivity contribution in [1.29, 1.82) is 0 Å². The zero-order valence-corrected chi connectivity index (χ0v) is 18.6. The molecule has 5 nitrogen and oxygen atoms in total. The first-order chi connectivity index (χ1) is 14.8. The fraction of sp³-hybridized carbons (Fsp3) is 0.280. The van der Waals surface area contributed by atoms with Crippen LogP contribution in [0.1, 0.15) is 41.1 Å². The van der Waals surface area contributed by atoms with Crippen molar-refractivity contribution in [1.82, 2.24) is 4.90 Å². The largest absolute Gasteiger partial charge is 0.459 e. The van der Waals surface area contributed by atoms with Gasteiger partial charge in [0.05, 0.1) is 18.5 Å². The summed E-state index contributed by atoms with van der Waals surface area (Å²) < 4.78 is 5.13. The average Bonchev–Trinajstić information content (AvgIpc) is 3.43. The minimum absolute atomic E-state index is 0.0764. The van der Waals surface area contributed by atoms with Crippen LogP contribution in [0.15, 0.2) is 71.3 Å². The number of hydrogen-bond acceptors (Lipinski definition) is 4. The van der Waals surface area contributed by atoms with Crippen molar-refractivity contribution in [3.05, 3.63) is 89.4 Å². The maximum Gasteiger partial charge on any atom is 0.291 e. The number of carbonyl (C=O) groups excluding carboxylic acids is 2. The number of benzene rings is 2. The zero-order chi connectivity index (χ0) is 21.8. The van der Waals surface area contributed by atoms with Crippen LogP contribution >= 0.6 is 11.8 Å². The Hall–Kier alpha value is -2.99. The number of anilines is 1. The molecule has 2 aromatic carbocycles. The molecule has 2 amide bonds. The second-order valence-corrected chi connectivity index (χ2v) is 10.6. The van der Waals surface area contributed by atoms with Crippen molar-refractivity contribution in [2.24, 2.45) is 0 Å². The van der Waals surface area contributed by atoms with Crippen LogP contribution < -0.4 is 4.90 Å². The lowest BCUT2D eigenvalue weighted by molar-refractivity contribution is -0.123. The van der Waals surface area contributed by atoms with E-state index in [1.165, 1.54) is 6.26 Å². The third kappa shape index (κ3) is 3.00. The summed E-state index contributed by atoms with van der Waals surface area (Å²) in [5.41, 5.74) is 3.95. The molecule has 6 heteroatoms. The minimum atomic E-state index is -1.10. The molecule has 158 valence electrons. The van der Waals surface area contributed by atoms with Crippen molar-refractivity contribution in [2.45, 2.75) is 36.9 Å². The second-order valence-electron chi connectivity index (χ2n) is 8.71. The summed E-state index contributed by atoms with van der Waals surface area (Å²) in [6, 6.07) is 19.3. The molecule has 1 aromatic heterocycles. The van der Waals surface area contributed by atoms with Crippen LogP contribution in [0.4, 0.5) is 5.69 Å². The van der Waals surface area contributed by atoms with E-state index in [0.717, 1.165) is 22.4 Å². The maximum absolute atomic E-state index is 14.2. The maximum atomic E-state index is 14.2. The van der Waals surface area contributed by atoms with Gasteiger partial charge in [0.2, 0.25) is 0 Å². The van der Waals surface area contributed by atoms with Gasteiger partial charge in [0.15, 0.2) is 10.6 Å². The van der Waals surface area contributed by atoms with Gasteiger partial charge in [-0.2, -0.15) is 0 Å². The van der Waals surface area contributed by atoms with Gasteiger partial charge in [-0.05, 0) is 50.1 Å². The number of furan rings is 1. The van der Waals surface area contributed by atoms with E-state index in [0.29, 0.717) is 13.1 Å². The lowest BCUT2D eigenvalue weighted by Crippen LogP contribution is -2.50. The van der Waals surface area contributed by atoms with Crippen LogP contribution in [0.25, 0.3) is 0 Å². The van der Waals surface area contributed by atoms with E-state index in [-0.39, 0.29) is 22.3 Å². The molecule has 2 aliphatic rings. The van der Waals surface area contributed by atoms with Crippen molar-refractivity contribution in [3.8, 4) is 0 Å². The highest BCUT2D eigenvalue weighted by atomic mass is 32.2. The third-order valence-corrected chi connectivity index (χ3v) is 7.60. The number of fused-ring (bicyclic) bond motifs is 2. The van der Waals surface area contributed by atoms with Crippen molar-refractivity contribution >= 4 is 29.3 Å². The predicted octanol–water partition coefficient (Wildman–Crippen LogP) is 4.96. The van der Waals surface area contributed by atoms with Crippen LogP contribution in [0.2, 0.25) is 0 Å². The highest BCUT2D eigenvalue weighted by Crippen LogP contribution is 2.60. The molecule has 3 aromatic rings. The summed E-state index contributed by atoms with van der Waals surface area (Å²) in [5, 5.41) is 0. The lowest BCUT2D eigenvalue weighted by atomic mass is 10.0. The Labute approximate surface area is 186 Å². The first kappa shape index (κ1) is 19.9. The summed E-state index contributed by atoms with van der Waals surface area (Å²) in [6.07, 6.45) is 1.49. The zero-order valence-electron chi connectivity index (χ0n) is 17.8. The summed E-state index contributed by atoms with van der Waals surface area (Å²) in [5.74, 6) is -0.0864. The number of thioether (sulfide) groups is 1. The van der Waals surface area contributed by atoms with Gasteiger partial charge >= 0.3 is 0 Å². The average molecular weight is 433 g/mol. The van der Waals surface area contributed by atoms with E-state index in [2.05, 4.69) is 26.8 Å². The molecule has 2 aliphatic heterocycles. The third-order valence-electron chi connectivity index (χ3n) is 6.00. The Balaban J connectivity index is 1.64. The normalized spacial score (nSPS) is 21.7. The number of para-hydroxylation sites is 1. The monoisotopic (exact) mass is 432 g/mol. The standard InChI is InChI=1S/C25H24N2O3S/c1-17-9-4-5-10-18(17)15-26-20-12-7-6-11-19(20)25(23(26)29)27(16-24(2,3)31-25)22(28)21-13-8-14-30-21/h4-14H,15-16H2,1-3H3/t25-/m1/s1. The van der Waals surface area contributed by atoms with Crippen molar-refractivity contribution in [3.63, 3.8) is 0 Å². The number of amides is 2.